The van der Waals surface area contributed by atoms with Crippen LogP contribution in [0.3, 0.4) is 0 Å². The van der Waals surface area contributed by atoms with Gasteiger partial charge >= 0.3 is 18.3 Å². The molecule has 1 aliphatic heterocycles. The van der Waals surface area contributed by atoms with Crippen LogP contribution < -0.4 is 10.2 Å². The Hall–Kier alpha value is -3.90. The van der Waals surface area contributed by atoms with Gasteiger partial charge in [0.05, 0.1) is 23.2 Å². The number of benzene rings is 2. The predicted molar refractivity (Wildman–Crippen MR) is 156 cm³/mol. The number of carbonyl (C=O) groups is 3. The molecular weight excluding hydrogens is 604 g/mol. The molecule has 0 spiro atoms. The molecule has 2 amide bonds. The summed E-state index contributed by atoms with van der Waals surface area (Å²) in [5, 5.41) is 2.45. The van der Waals surface area contributed by atoms with Gasteiger partial charge in [0.15, 0.2) is 0 Å². The van der Waals surface area contributed by atoms with Gasteiger partial charge in [-0.1, -0.05) is 55.5 Å². The maximum Gasteiger partial charge on any atom is 0.389 e. The van der Waals surface area contributed by atoms with Gasteiger partial charge in [-0.05, 0) is 45.6 Å². The highest BCUT2D eigenvalue weighted by Crippen LogP contribution is 2.37. The molecule has 45 heavy (non-hydrogen) atoms. The van der Waals surface area contributed by atoms with Gasteiger partial charge in [0, 0.05) is 31.0 Å². The number of para-hydroxylation sites is 1. The van der Waals surface area contributed by atoms with Crippen molar-refractivity contribution < 1.29 is 45.5 Å². The average Bonchev–Trinajstić information content (AvgIpc) is 3.01. The van der Waals surface area contributed by atoms with Crippen LogP contribution in [0.25, 0.3) is 0 Å². The number of rotatable bonds is 10. The van der Waals surface area contributed by atoms with Crippen LogP contribution in [0.15, 0.2) is 59.6 Å². The molecule has 0 aliphatic carbocycles. The van der Waals surface area contributed by atoms with E-state index in [9.17, 15) is 40.7 Å². The first-order chi connectivity index (χ1) is 20.8. The number of halogens is 6. The second-order valence-electron chi connectivity index (χ2n) is 12.1. The van der Waals surface area contributed by atoms with E-state index in [4.69, 9.17) is 4.74 Å². The molecule has 4 unspecified atom stereocenters. The molecule has 2 aromatic carbocycles. The van der Waals surface area contributed by atoms with Crippen molar-refractivity contribution in [2.75, 3.05) is 11.9 Å². The fraction of sp³-hybridized carbons (Fsp3) is 0.500. The Labute approximate surface area is 258 Å². The third kappa shape index (κ3) is 10.1. The average molecular weight is 642 g/mol. The van der Waals surface area contributed by atoms with Gasteiger partial charge in [-0.15, -0.1) is 0 Å². The summed E-state index contributed by atoms with van der Waals surface area (Å²) < 4.78 is 85.2. The second kappa shape index (κ2) is 14.0. The Kier molecular flexibility index (Phi) is 11.1. The Morgan fingerprint density at radius 2 is 1.56 bits per heavy atom. The first kappa shape index (κ1) is 35.6. The standard InChI is InChI=1S/C32H37F6N3O4/c1-19(18-32(36,37)38)24(29(44)45-30(2,3)4)22(15-11-17-31(33,34)35)27(42)40-26-28(43)41(5)23-16-10-9-14-21(23)25(39-26)20-12-7-6-8-13-20/h6-10,12-14,16,19,22,24,26H,11,15,17-18H2,1-5H3,(H,40,42). The fourth-order valence-corrected chi connectivity index (χ4v) is 5.34. The summed E-state index contributed by atoms with van der Waals surface area (Å²) in [4.78, 5) is 46.7. The molecule has 246 valence electrons. The second-order valence-corrected chi connectivity index (χ2v) is 12.1. The zero-order valence-corrected chi connectivity index (χ0v) is 25.6. The molecular formula is C32H37F6N3O4. The topological polar surface area (TPSA) is 88.1 Å². The molecule has 0 fully saturated rings. The van der Waals surface area contributed by atoms with Gasteiger partial charge in [-0.3, -0.25) is 14.4 Å². The molecule has 1 heterocycles. The van der Waals surface area contributed by atoms with Gasteiger partial charge in [0.2, 0.25) is 12.1 Å². The van der Waals surface area contributed by atoms with Crippen LogP contribution in [0.5, 0.6) is 0 Å². The van der Waals surface area contributed by atoms with Crippen LogP contribution in [0.4, 0.5) is 32.0 Å². The van der Waals surface area contributed by atoms with E-state index >= 15 is 0 Å². The number of fused-ring (bicyclic) bond motifs is 1. The van der Waals surface area contributed by atoms with Crippen LogP contribution in [-0.4, -0.2) is 54.7 Å². The normalized spacial score (nSPS) is 17.8. The van der Waals surface area contributed by atoms with E-state index in [1.54, 1.807) is 54.6 Å². The van der Waals surface area contributed by atoms with E-state index in [2.05, 4.69) is 10.3 Å². The number of anilines is 1. The molecule has 0 saturated heterocycles. The molecule has 2 aromatic rings. The summed E-state index contributed by atoms with van der Waals surface area (Å²) >= 11 is 0. The SMILES string of the molecule is CC(CC(F)(F)F)C(C(=O)OC(C)(C)C)C(CCCC(F)(F)F)C(=O)NC1N=C(c2ccccc2)c2ccccc2N(C)C1=O. The van der Waals surface area contributed by atoms with Gasteiger partial charge in [-0.2, -0.15) is 26.3 Å². The molecule has 0 saturated carbocycles. The minimum absolute atomic E-state index is 0.331. The predicted octanol–water partition coefficient (Wildman–Crippen LogP) is 6.84. The van der Waals surface area contributed by atoms with E-state index in [0.717, 1.165) is 6.92 Å². The highest BCUT2D eigenvalue weighted by atomic mass is 19.4. The summed E-state index contributed by atoms with van der Waals surface area (Å²) in [5.41, 5.74) is 0.787. The number of nitrogens with one attached hydrogen (secondary N) is 1. The van der Waals surface area contributed by atoms with Crippen molar-refractivity contribution >= 4 is 29.2 Å². The van der Waals surface area contributed by atoms with Crippen molar-refractivity contribution in [2.24, 2.45) is 22.7 Å². The van der Waals surface area contributed by atoms with Crippen LogP contribution in [0.2, 0.25) is 0 Å². The fourth-order valence-electron chi connectivity index (χ4n) is 5.34. The maximum atomic E-state index is 13.9. The van der Waals surface area contributed by atoms with Gasteiger partial charge in [0.25, 0.3) is 5.91 Å². The minimum Gasteiger partial charge on any atom is -0.460 e. The number of amides is 2. The number of aliphatic imine (C=N–C) groups is 1. The first-order valence-corrected chi connectivity index (χ1v) is 14.4. The molecule has 0 radical (unpaired) electrons. The van der Waals surface area contributed by atoms with Crippen molar-refractivity contribution in [3.05, 3.63) is 65.7 Å². The number of likely N-dealkylation sites (N-methyl/N-ethyl adjacent to an activating group) is 1. The number of esters is 1. The molecule has 4 atom stereocenters. The van der Waals surface area contributed by atoms with Crippen molar-refractivity contribution in [1.29, 1.82) is 0 Å². The Bertz CT molecular complexity index is 1390. The van der Waals surface area contributed by atoms with E-state index in [1.165, 1.54) is 32.7 Å². The summed E-state index contributed by atoms with van der Waals surface area (Å²) in [6, 6.07) is 15.6. The van der Waals surface area contributed by atoms with Crippen molar-refractivity contribution in [2.45, 2.75) is 77.5 Å². The Morgan fingerprint density at radius 1 is 0.956 bits per heavy atom. The van der Waals surface area contributed by atoms with Gasteiger partial charge < -0.3 is 15.0 Å². The third-order valence-corrected chi connectivity index (χ3v) is 7.26. The zero-order valence-electron chi connectivity index (χ0n) is 25.6. The summed E-state index contributed by atoms with van der Waals surface area (Å²) in [5.74, 6) is -7.95. The zero-order chi connectivity index (χ0) is 33.7. The number of ether oxygens (including phenoxy) is 1. The number of alkyl halides is 6. The van der Waals surface area contributed by atoms with Crippen LogP contribution >= 0.6 is 0 Å². The largest absolute Gasteiger partial charge is 0.460 e. The van der Waals surface area contributed by atoms with Crippen molar-refractivity contribution in [1.82, 2.24) is 5.32 Å². The first-order valence-electron chi connectivity index (χ1n) is 14.4. The van der Waals surface area contributed by atoms with Crippen LogP contribution in [0.1, 0.15) is 64.5 Å². The van der Waals surface area contributed by atoms with E-state index in [1.807, 2.05) is 0 Å². The minimum atomic E-state index is -4.74. The summed E-state index contributed by atoms with van der Waals surface area (Å²) in [7, 11) is 1.46. The van der Waals surface area contributed by atoms with Gasteiger partial charge in [0.1, 0.15) is 5.60 Å². The van der Waals surface area contributed by atoms with Gasteiger partial charge in [-0.25, -0.2) is 4.99 Å². The monoisotopic (exact) mass is 641 g/mol. The molecule has 0 bridgehead atoms. The smallest absolute Gasteiger partial charge is 0.389 e. The highest BCUT2D eigenvalue weighted by molar-refractivity contribution is 6.20. The summed E-state index contributed by atoms with van der Waals surface area (Å²) in [6.07, 6.45) is -15.0. The Balaban J connectivity index is 2.08. The number of hydrogen-bond donors (Lipinski definition) is 1. The molecule has 13 heteroatoms. The lowest BCUT2D eigenvalue weighted by molar-refractivity contribution is -0.174. The van der Waals surface area contributed by atoms with Crippen LogP contribution in [-0.2, 0) is 19.1 Å². The third-order valence-electron chi connectivity index (χ3n) is 7.26. The molecule has 1 N–H and O–H groups in total. The maximum absolute atomic E-state index is 13.9. The molecule has 3 rings (SSSR count). The highest BCUT2D eigenvalue weighted by Gasteiger charge is 2.45. The van der Waals surface area contributed by atoms with Crippen molar-refractivity contribution in [3.63, 3.8) is 0 Å². The number of carbonyl (C=O) groups excluding carboxylic acids is 3. The summed E-state index contributed by atoms with van der Waals surface area (Å²) in [6.45, 7) is 5.53. The number of nitrogens with zero attached hydrogens (tertiary/aromatic N) is 2. The molecule has 7 nitrogen and oxygen atoms in total. The molecule has 0 aromatic heterocycles. The number of hydrogen-bond acceptors (Lipinski definition) is 5. The lowest BCUT2D eigenvalue weighted by Gasteiger charge is -2.33. The van der Waals surface area contributed by atoms with E-state index < -0.39 is 85.3 Å². The Morgan fingerprint density at radius 3 is 2.13 bits per heavy atom. The van der Waals surface area contributed by atoms with E-state index in [0.29, 0.717) is 22.5 Å². The van der Waals surface area contributed by atoms with E-state index in [-0.39, 0.29) is 0 Å². The lowest BCUT2D eigenvalue weighted by atomic mass is 9.77. The lowest BCUT2D eigenvalue weighted by Crippen LogP contribution is -2.50. The molecule has 1 aliphatic rings. The van der Waals surface area contributed by atoms with Crippen molar-refractivity contribution in [3.8, 4) is 0 Å². The number of benzodiazepines with no additional fused rings is 1. The quantitative estimate of drug-likeness (QED) is 0.227. The van der Waals surface area contributed by atoms with Crippen LogP contribution in [0, 0.1) is 17.8 Å².